The van der Waals surface area contributed by atoms with E-state index in [1.807, 2.05) is 0 Å². The number of hydrogen-bond acceptors (Lipinski definition) is 3. The average Bonchev–Trinajstić information content (AvgIpc) is 2.37. The predicted octanol–water partition coefficient (Wildman–Crippen LogP) is 2.61. The summed E-state index contributed by atoms with van der Waals surface area (Å²) >= 11 is 0. The Balaban J connectivity index is 2.12. The molecule has 0 aromatic heterocycles. The summed E-state index contributed by atoms with van der Waals surface area (Å²) in [5.41, 5.74) is 2.90. The number of nitrogens with zero attached hydrogens (tertiary/aromatic N) is 1. The molecule has 0 heterocycles. The summed E-state index contributed by atoms with van der Waals surface area (Å²) in [5, 5.41) is 3.76. The molecule has 1 N–H and O–H groups in total. The van der Waals surface area contributed by atoms with Gasteiger partial charge in [-0.2, -0.15) is 0 Å². The van der Waals surface area contributed by atoms with Crippen molar-refractivity contribution >= 4 is 0 Å². The van der Waals surface area contributed by atoms with E-state index in [1.165, 1.54) is 30.4 Å². The molecule has 2 rings (SSSR count). The fourth-order valence-corrected chi connectivity index (χ4v) is 3.02. The van der Waals surface area contributed by atoms with Gasteiger partial charge in [-0.1, -0.05) is 6.07 Å². The highest BCUT2D eigenvalue weighted by atomic mass is 16.5. The first-order valence-electron chi connectivity index (χ1n) is 7.17. The maximum absolute atomic E-state index is 5.36. The van der Waals surface area contributed by atoms with Crippen LogP contribution in [0.3, 0.4) is 0 Å². The van der Waals surface area contributed by atoms with Crippen molar-refractivity contribution in [3.8, 4) is 5.75 Å². The number of aryl methyl sites for hydroxylation is 1. The van der Waals surface area contributed by atoms with E-state index in [0.29, 0.717) is 12.1 Å². The van der Waals surface area contributed by atoms with Gasteiger partial charge >= 0.3 is 0 Å². The van der Waals surface area contributed by atoms with Crippen molar-refractivity contribution < 1.29 is 4.74 Å². The topological polar surface area (TPSA) is 24.5 Å². The first-order valence-corrected chi connectivity index (χ1v) is 7.17. The molecule has 0 amide bonds. The molecule has 3 nitrogen and oxygen atoms in total. The molecule has 106 valence electrons. The molecule has 1 aromatic carbocycles. The van der Waals surface area contributed by atoms with Gasteiger partial charge in [0.2, 0.25) is 0 Å². The lowest BCUT2D eigenvalue weighted by Gasteiger charge is -2.30. The van der Waals surface area contributed by atoms with Crippen molar-refractivity contribution in [3.05, 3.63) is 29.3 Å². The lowest BCUT2D eigenvalue weighted by atomic mass is 9.87. The number of nitrogens with one attached hydrogen (secondary N) is 1. The van der Waals surface area contributed by atoms with E-state index in [2.05, 4.69) is 49.4 Å². The van der Waals surface area contributed by atoms with Crippen LogP contribution in [0.4, 0.5) is 0 Å². The van der Waals surface area contributed by atoms with Crippen molar-refractivity contribution in [2.75, 3.05) is 27.7 Å². The molecule has 0 fully saturated rings. The number of ether oxygens (including phenoxy) is 1. The number of methoxy groups -OCH3 is 1. The average molecular weight is 262 g/mol. The van der Waals surface area contributed by atoms with Gasteiger partial charge in [0, 0.05) is 18.6 Å². The molecule has 0 aliphatic heterocycles. The number of rotatable bonds is 5. The Bertz CT molecular complexity index is 417. The van der Waals surface area contributed by atoms with Gasteiger partial charge in [-0.3, -0.25) is 0 Å². The van der Waals surface area contributed by atoms with Gasteiger partial charge in [0.1, 0.15) is 5.75 Å². The summed E-state index contributed by atoms with van der Waals surface area (Å²) in [4.78, 5) is 2.23. The Hall–Kier alpha value is -1.06. The normalized spacial score (nSPS) is 20.2. The van der Waals surface area contributed by atoms with Gasteiger partial charge in [0.25, 0.3) is 0 Å². The summed E-state index contributed by atoms with van der Waals surface area (Å²) < 4.78 is 5.36. The third kappa shape index (κ3) is 3.71. The molecule has 1 aliphatic rings. The van der Waals surface area contributed by atoms with Gasteiger partial charge in [0.05, 0.1) is 7.11 Å². The minimum absolute atomic E-state index is 0.466. The fourth-order valence-electron chi connectivity index (χ4n) is 3.02. The maximum Gasteiger partial charge on any atom is 0.119 e. The summed E-state index contributed by atoms with van der Waals surface area (Å²) in [6.07, 6.45) is 3.68. The highest BCUT2D eigenvalue weighted by Crippen LogP contribution is 2.32. The first-order chi connectivity index (χ1) is 9.10. The van der Waals surface area contributed by atoms with E-state index in [1.54, 1.807) is 7.11 Å². The van der Waals surface area contributed by atoms with Crippen LogP contribution in [0.1, 0.15) is 36.9 Å². The monoisotopic (exact) mass is 262 g/mol. The van der Waals surface area contributed by atoms with Crippen LogP contribution in [0.5, 0.6) is 5.75 Å². The largest absolute Gasteiger partial charge is 0.497 e. The standard InChI is InChI=1S/C16H26N2O/c1-12(11-18(2)3)17-16-7-5-6-13-8-9-14(19-4)10-15(13)16/h8-10,12,16-17H,5-7,11H2,1-4H3. The zero-order valence-corrected chi connectivity index (χ0v) is 12.6. The van der Waals surface area contributed by atoms with E-state index in [4.69, 9.17) is 4.74 Å². The van der Waals surface area contributed by atoms with Crippen LogP contribution < -0.4 is 10.1 Å². The molecular formula is C16H26N2O. The Morgan fingerprint density at radius 2 is 2.21 bits per heavy atom. The minimum Gasteiger partial charge on any atom is -0.497 e. The molecule has 1 aromatic rings. The third-order valence-electron chi connectivity index (χ3n) is 3.79. The van der Waals surface area contributed by atoms with Crippen LogP contribution in [0.2, 0.25) is 0 Å². The van der Waals surface area contributed by atoms with Gasteiger partial charge in [-0.25, -0.2) is 0 Å². The first kappa shape index (κ1) is 14.4. The highest BCUT2D eigenvalue weighted by molar-refractivity contribution is 5.39. The van der Waals surface area contributed by atoms with Crippen LogP contribution in [0, 0.1) is 0 Å². The Morgan fingerprint density at radius 1 is 1.42 bits per heavy atom. The SMILES string of the molecule is COc1ccc2c(c1)C(NC(C)CN(C)C)CCC2. The summed E-state index contributed by atoms with van der Waals surface area (Å²) in [6.45, 7) is 3.32. The highest BCUT2D eigenvalue weighted by Gasteiger charge is 2.22. The van der Waals surface area contributed by atoms with Crippen molar-refractivity contribution in [1.29, 1.82) is 0 Å². The molecular weight excluding hydrogens is 236 g/mol. The molecule has 2 unspecified atom stereocenters. The van der Waals surface area contributed by atoms with Gasteiger partial charge in [-0.15, -0.1) is 0 Å². The lowest BCUT2D eigenvalue weighted by molar-refractivity contribution is 0.317. The Labute approximate surface area is 116 Å². The van der Waals surface area contributed by atoms with Crippen LogP contribution in [-0.4, -0.2) is 38.7 Å². The molecule has 0 saturated heterocycles. The molecule has 3 heteroatoms. The predicted molar refractivity (Wildman–Crippen MR) is 79.8 cm³/mol. The Morgan fingerprint density at radius 3 is 2.89 bits per heavy atom. The second-order valence-electron chi connectivity index (χ2n) is 5.84. The van der Waals surface area contributed by atoms with Crippen molar-refractivity contribution in [1.82, 2.24) is 10.2 Å². The molecule has 0 spiro atoms. The molecule has 0 radical (unpaired) electrons. The minimum atomic E-state index is 0.466. The molecule has 1 aliphatic carbocycles. The fraction of sp³-hybridized carbons (Fsp3) is 0.625. The van der Waals surface area contributed by atoms with E-state index < -0.39 is 0 Å². The van der Waals surface area contributed by atoms with Crippen molar-refractivity contribution in [3.63, 3.8) is 0 Å². The molecule has 2 atom stereocenters. The van der Waals surface area contributed by atoms with E-state index >= 15 is 0 Å². The second kappa shape index (κ2) is 6.40. The number of fused-ring (bicyclic) bond motifs is 1. The quantitative estimate of drug-likeness (QED) is 0.883. The Kier molecular flexibility index (Phi) is 4.83. The molecule has 19 heavy (non-hydrogen) atoms. The number of benzene rings is 1. The summed E-state index contributed by atoms with van der Waals surface area (Å²) in [6, 6.07) is 7.46. The summed E-state index contributed by atoms with van der Waals surface area (Å²) in [7, 11) is 5.98. The maximum atomic E-state index is 5.36. The van der Waals surface area contributed by atoms with Crippen LogP contribution in [0.15, 0.2) is 18.2 Å². The number of hydrogen-bond donors (Lipinski definition) is 1. The molecule has 0 saturated carbocycles. The van der Waals surface area contributed by atoms with Crippen LogP contribution in [0.25, 0.3) is 0 Å². The van der Waals surface area contributed by atoms with Gasteiger partial charge in [0.15, 0.2) is 0 Å². The lowest BCUT2D eigenvalue weighted by Crippen LogP contribution is -2.39. The van der Waals surface area contributed by atoms with E-state index in [-0.39, 0.29) is 0 Å². The van der Waals surface area contributed by atoms with Crippen LogP contribution in [-0.2, 0) is 6.42 Å². The van der Waals surface area contributed by atoms with Crippen molar-refractivity contribution in [2.45, 2.75) is 38.3 Å². The molecule has 0 bridgehead atoms. The van der Waals surface area contributed by atoms with E-state index in [0.717, 1.165) is 12.3 Å². The summed E-state index contributed by atoms with van der Waals surface area (Å²) in [5.74, 6) is 0.965. The zero-order valence-electron chi connectivity index (χ0n) is 12.6. The van der Waals surface area contributed by atoms with Crippen LogP contribution >= 0.6 is 0 Å². The second-order valence-corrected chi connectivity index (χ2v) is 5.84. The van der Waals surface area contributed by atoms with Gasteiger partial charge < -0.3 is 15.0 Å². The number of likely N-dealkylation sites (N-methyl/N-ethyl adjacent to an activating group) is 1. The third-order valence-corrected chi connectivity index (χ3v) is 3.79. The van der Waals surface area contributed by atoms with Crippen molar-refractivity contribution in [2.24, 2.45) is 0 Å². The zero-order chi connectivity index (χ0) is 13.8. The smallest absolute Gasteiger partial charge is 0.119 e. The van der Waals surface area contributed by atoms with Gasteiger partial charge in [-0.05, 0) is 63.5 Å². The van der Waals surface area contributed by atoms with E-state index in [9.17, 15) is 0 Å².